The summed E-state index contributed by atoms with van der Waals surface area (Å²) in [4.78, 5) is 15.3. The van der Waals surface area contributed by atoms with Gasteiger partial charge < -0.3 is 10.0 Å². The van der Waals surface area contributed by atoms with Crippen LogP contribution in [0.4, 0.5) is 0 Å². The van der Waals surface area contributed by atoms with E-state index in [0.29, 0.717) is 19.0 Å². The first-order valence-corrected chi connectivity index (χ1v) is 7.62. The highest BCUT2D eigenvalue weighted by molar-refractivity contribution is 7.10. The summed E-state index contributed by atoms with van der Waals surface area (Å²) in [6.45, 7) is 0.543. The molecule has 0 bridgehead atoms. The Morgan fingerprint density at radius 2 is 2.17 bits per heavy atom. The molecule has 1 aliphatic rings. The SMILES string of the molecule is O=C(Cc1cccs1)N(CCO)C1CCCCC1. The molecule has 0 aliphatic heterocycles. The lowest BCUT2D eigenvalue weighted by molar-refractivity contribution is -0.134. The molecule has 1 amide bonds. The van der Waals surface area contributed by atoms with Crippen molar-refractivity contribution >= 4 is 17.2 Å². The second-order valence-corrected chi connectivity index (χ2v) is 5.89. The van der Waals surface area contributed by atoms with E-state index >= 15 is 0 Å². The Balaban J connectivity index is 1.97. The average Bonchev–Trinajstić information content (AvgIpc) is 2.89. The third-order valence-electron chi connectivity index (χ3n) is 3.58. The van der Waals surface area contributed by atoms with Gasteiger partial charge in [0.2, 0.25) is 5.91 Å². The molecule has 18 heavy (non-hydrogen) atoms. The molecule has 1 aromatic rings. The molecule has 1 saturated carbocycles. The average molecular weight is 267 g/mol. The third-order valence-corrected chi connectivity index (χ3v) is 4.46. The van der Waals surface area contributed by atoms with E-state index in [-0.39, 0.29) is 12.5 Å². The van der Waals surface area contributed by atoms with E-state index in [4.69, 9.17) is 5.11 Å². The molecule has 4 heteroatoms. The number of rotatable bonds is 5. The van der Waals surface area contributed by atoms with Crippen molar-refractivity contribution in [2.75, 3.05) is 13.2 Å². The third kappa shape index (κ3) is 3.56. The maximum Gasteiger partial charge on any atom is 0.228 e. The van der Waals surface area contributed by atoms with Crippen molar-refractivity contribution < 1.29 is 9.90 Å². The summed E-state index contributed by atoms with van der Waals surface area (Å²) in [6.07, 6.45) is 6.36. The van der Waals surface area contributed by atoms with Crippen LogP contribution in [0, 0.1) is 0 Å². The summed E-state index contributed by atoms with van der Waals surface area (Å²) in [7, 11) is 0. The van der Waals surface area contributed by atoms with Gasteiger partial charge in [-0.05, 0) is 24.3 Å². The Morgan fingerprint density at radius 3 is 2.78 bits per heavy atom. The van der Waals surface area contributed by atoms with Crippen molar-refractivity contribution in [3.8, 4) is 0 Å². The quantitative estimate of drug-likeness (QED) is 0.890. The molecule has 1 fully saturated rings. The first-order chi connectivity index (χ1) is 8.81. The molecule has 0 aromatic carbocycles. The van der Waals surface area contributed by atoms with Crippen molar-refractivity contribution in [1.29, 1.82) is 0 Å². The molecule has 0 radical (unpaired) electrons. The van der Waals surface area contributed by atoms with Crippen LogP contribution in [0.5, 0.6) is 0 Å². The van der Waals surface area contributed by atoms with Crippen molar-refractivity contribution in [3.05, 3.63) is 22.4 Å². The van der Waals surface area contributed by atoms with E-state index in [9.17, 15) is 4.79 Å². The minimum Gasteiger partial charge on any atom is -0.395 e. The van der Waals surface area contributed by atoms with Crippen LogP contribution in [0.15, 0.2) is 17.5 Å². The molecular formula is C14H21NO2S. The Kier molecular flexibility index (Phi) is 5.20. The zero-order valence-corrected chi connectivity index (χ0v) is 11.5. The van der Waals surface area contributed by atoms with Gasteiger partial charge in [-0.1, -0.05) is 25.3 Å². The highest BCUT2D eigenvalue weighted by Gasteiger charge is 2.24. The number of aliphatic hydroxyl groups is 1. The summed E-state index contributed by atoms with van der Waals surface area (Å²) >= 11 is 1.62. The highest BCUT2D eigenvalue weighted by Crippen LogP contribution is 2.23. The fourth-order valence-corrected chi connectivity index (χ4v) is 3.37. The number of amides is 1. The molecule has 1 heterocycles. The first kappa shape index (κ1) is 13.6. The monoisotopic (exact) mass is 267 g/mol. The van der Waals surface area contributed by atoms with Crippen LogP contribution in [0.1, 0.15) is 37.0 Å². The topological polar surface area (TPSA) is 40.5 Å². The van der Waals surface area contributed by atoms with Crippen LogP contribution in [-0.4, -0.2) is 35.1 Å². The van der Waals surface area contributed by atoms with Gasteiger partial charge in [-0.15, -0.1) is 11.3 Å². The predicted octanol–water partition coefficient (Wildman–Crippen LogP) is 2.44. The predicted molar refractivity (Wildman–Crippen MR) is 73.7 cm³/mol. The fraction of sp³-hybridized carbons (Fsp3) is 0.643. The van der Waals surface area contributed by atoms with Gasteiger partial charge in [-0.2, -0.15) is 0 Å². The van der Waals surface area contributed by atoms with E-state index in [2.05, 4.69) is 0 Å². The van der Waals surface area contributed by atoms with Gasteiger partial charge in [0, 0.05) is 17.5 Å². The number of aliphatic hydroxyl groups excluding tert-OH is 1. The number of hydrogen-bond acceptors (Lipinski definition) is 3. The van der Waals surface area contributed by atoms with Gasteiger partial charge in [0.05, 0.1) is 13.0 Å². The molecule has 2 rings (SSSR count). The Bertz CT molecular complexity index is 358. The van der Waals surface area contributed by atoms with Gasteiger partial charge in [-0.3, -0.25) is 4.79 Å². The van der Waals surface area contributed by atoms with Crippen molar-refractivity contribution in [2.24, 2.45) is 0 Å². The summed E-state index contributed by atoms with van der Waals surface area (Å²) in [6, 6.07) is 4.32. The van der Waals surface area contributed by atoms with Gasteiger partial charge in [0.1, 0.15) is 0 Å². The molecule has 0 unspecified atom stereocenters. The Morgan fingerprint density at radius 1 is 1.39 bits per heavy atom. The second kappa shape index (κ2) is 6.90. The number of carbonyl (C=O) groups excluding carboxylic acids is 1. The zero-order valence-electron chi connectivity index (χ0n) is 10.7. The maximum atomic E-state index is 12.3. The van der Waals surface area contributed by atoms with Crippen LogP contribution in [-0.2, 0) is 11.2 Å². The van der Waals surface area contributed by atoms with Crippen molar-refractivity contribution in [3.63, 3.8) is 0 Å². The molecular weight excluding hydrogens is 246 g/mol. The normalized spacial score (nSPS) is 16.7. The van der Waals surface area contributed by atoms with E-state index < -0.39 is 0 Å². The lowest BCUT2D eigenvalue weighted by Gasteiger charge is -2.34. The molecule has 1 aliphatic carbocycles. The summed E-state index contributed by atoms with van der Waals surface area (Å²) < 4.78 is 0. The first-order valence-electron chi connectivity index (χ1n) is 6.74. The summed E-state index contributed by atoms with van der Waals surface area (Å²) in [5.41, 5.74) is 0. The van der Waals surface area contributed by atoms with Crippen LogP contribution >= 0.6 is 11.3 Å². The van der Waals surface area contributed by atoms with Crippen LogP contribution in [0.2, 0.25) is 0 Å². The number of hydrogen-bond donors (Lipinski definition) is 1. The van der Waals surface area contributed by atoms with Crippen molar-refractivity contribution in [1.82, 2.24) is 4.90 Å². The van der Waals surface area contributed by atoms with Crippen LogP contribution in [0.3, 0.4) is 0 Å². The van der Waals surface area contributed by atoms with E-state index in [0.717, 1.165) is 17.7 Å². The molecule has 1 N–H and O–H groups in total. The van der Waals surface area contributed by atoms with E-state index in [1.165, 1.54) is 19.3 Å². The minimum absolute atomic E-state index is 0.0622. The standard InChI is InChI=1S/C14H21NO2S/c16-9-8-15(12-5-2-1-3-6-12)14(17)11-13-7-4-10-18-13/h4,7,10,12,16H,1-3,5-6,8-9,11H2. The van der Waals surface area contributed by atoms with Gasteiger partial charge in [0.15, 0.2) is 0 Å². The smallest absolute Gasteiger partial charge is 0.228 e. The molecule has 1 aromatic heterocycles. The number of carbonyl (C=O) groups is 1. The van der Waals surface area contributed by atoms with E-state index in [1.807, 2.05) is 22.4 Å². The van der Waals surface area contributed by atoms with E-state index in [1.54, 1.807) is 11.3 Å². The van der Waals surface area contributed by atoms with Crippen LogP contribution in [0.25, 0.3) is 0 Å². The Labute approximate surface area is 112 Å². The molecule has 100 valence electrons. The van der Waals surface area contributed by atoms with Crippen LogP contribution < -0.4 is 0 Å². The fourth-order valence-electron chi connectivity index (χ4n) is 2.68. The highest BCUT2D eigenvalue weighted by atomic mass is 32.1. The largest absolute Gasteiger partial charge is 0.395 e. The lowest BCUT2D eigenvalue weighted by atomic mass is 9.94. The Hall–Kier alpha value is -0.870. The number of nitrogens with zero attached hydrogens (tertiary/aromatic N) is 1. The van der Waals surface area contributed by atoms with Gasteiger partial charge >= 0.3 is 0 Å². The summed E-state index contributed by atoms with van der Waals surface area (Å²) in [5, 5.41) is 11.2. The van der Waals surface area contributed by atoms with Gasteiger partial charge in [0.25, 0.3) is 0 Å². The lowest BCUT2D eigenvalue weighted by Crippen LogP contribution is -2.43. The second-order valence-electron chi connectivity index (χ2n) is 4.86. The minimum atomic E-state index is 0.0622. The van der Waals surface area contributed by atoms with Crippen molar-refractivity contribution in [2.45, 2.75) is 44.6 Å². The summed E-state index contributed by atoms with van der Waals surface area (Å²) in [5.74, 6) is 0.165. The number of thiophene rings is 1. The molecule has 0 spiro atoms. The molecule has 0 saturated heterocycles. The van der Waals surface area contributed by atoms with Gasteiger partial charge in [-0.25, -0.2) is 0 Å². The molecule has 0 atom stereocenters. The maximum absolute atomic E-state index is 12.3. The zero-order chi connectivity index (χ0) is 12.8. The molecule has 3 nitrogen and oxygen atoms in total.